The van der Waals surface area contributed by atoms with Gasteiger partial charge in [-0.2, -0.15) is 0 Å². The number of hydrogen-bond acceptors (Lipinski definition) is 4. The molecule has 0 aliphatic heterocycles. The Morgan fingerprint density at radius 3 is 2.39 bits per heavy atom. The van der Waals surface area contributed by atoms with Crippen LogP contribution in [0.3, 0.4) is 0 Å². The largest absolute Gasteiger partial charge is 0.444 e. The zero-order valence-electron chi connectivity index (χ0n) is 15.6. The maximum Gasteiger partial charge on any atom is 0.407 e. The van der Waals surface area contributed by atoms with Gasteiger partial charge in [-0.05, 0) is 73.1 Å². The summed E-state index contributed by atoms with van der Waals surface area (Å²) in [4.78, 5) is 14.0. The molecule has 1 aliphatic rings. The van der Waals surface area contributed by atoms with E-state index in [1.54, 1.807) is 0 Å². The van der Waals surface area contributed by atoms with Gasteiger partial charge in [0.1, 0.15) is 5.60 Å². The van der Waals surface area contributed by atoms with Gasteiger partial charge >= 0.3 is 6.09 Å². The number of alkyl carbamates (subject to hydrolysis) is 1. The number of rotatable bonds is 9. The highest BCUT2D eigenvalue weighted by Crippen LogP contribution is 2.21. The summed E-state index contributed by atoms with van der Waals surface area (Å²) in [5, 5.41) is 6.23. The number of ether oxygens (including phenoxy) is 1. The second-order valence-corrected chi connectivity index (χ2v) is 7.66. The third-order valence-electron chi connectivity index (χ3n) is 4.26. The van der Waals surface area contributed by atoms with Crippen LogP contribution in [0.2, 0.25) is 0 Å². The van der Waals surface area contributed by atoms with Crippen molar-refractivity contribution in [3.8, 4) is 0 Å². The molecule has 0 aromatic heterocycles. The summed E-state index contributed by atoms with van der Waals surface area (Å²) in [5.74, 6) is 0. The van der Waals surface area contributed by atoms with Gasteiger partial charge in [0.2, 0.25) is 0 Å². The molecule has 0 aromatic rings. The quantitative estimate of drug-likeness (QED) is 0.639. The van der Waals surface area contributed by atoms with Crippen molar-refractivity contribution in [1.29, 1.82) is 0 Å². The summed E-state index contributed by atoms with van der Waals surface area (Å²) < 4.78 is 5.19. The van der Waals surface area contributed by atoms with E-state index in [1.165, 1.54) is 45.1 Å². The first-order chi connectivity index (χ1) is 10.9. The normalized spacial score (nSPS) is 16.6. The summed E-state index contributed by atoms with van der Waals surface area (Å²) in [7, 11) is 2.26. The summed E-state index contributed by atoms with van der Waals surface area (Å²) in [6.07, 6.45) is 8.76. The highest BCUT2D eigenvalue weighted by Gasteiger charge is 2.17. The van der Waals surface area contributed by atoms with Crippen molar-refractivity contribution in [2.24, 2.45) is 0 Å². The van der Waals surface area contributed by atoms with Crippen molar-refractivity contribution in [3.05, 3.63) is 0 Å². The van der Waals surface area contributed by atoms with Gasteiger partial charge in [-0.25, -0.2) is 4.79 Å². The second kappa shape index (κ2) is 10.9. The van der Waals surface area contributed by atoms with Crippen LogP contribution in [0.4, 0.5) is 4.79 Å². The van der Waals surface area contributed by atoms with Gasteiger partial charge in [-0.3, -0.25) is 0 Å². The predicted molar refractivity (Wildman–Crippen MR) is 95.8 cm³/mol. The van der Waals surface area contributed by atoms with Crippen LogP contribution in [0.25, 0.3) is 0 Å². The maximum atomic E-state index is 11.5. The molecule has 1 rings (SSSR count). The van der Waals surface area contributed by atoms with Crippen LogP contribution in [0.5, 0.6) is 0 Å². The Kier molecular flexibility index (Phi) is 9.56. The lowest BCUT2D eigenvalue weighted by molar-refractivity contribution is 0.0527. The lowest BCUT2D eigenvalue weighted by Crippen LogP contribution is -2.35. The Balaban J connectivity index is 1.90. The average molecular weight is 328 g/mol. The lowest BCUT2D eigenvalue weighted by Gasteiger charge is -2.31. The smallest absolute Gasteiger partial charge is 0.407 e. The summed E-state index contributed by atoms with van der Waals surface area (Å²) >= 11 is 0. The van der Waals surface area contributed by atoms with E-state index < -0.39 is 5.60 Å². The molecule has 1 amide bonds. The Hall–Kier alpha value is -0.810. The number of hydrogen-bond donors (Lipinski definition) is 2. The number of amides is 1. The van der Waals surface area contributed by atoms with E-state index in [0.29, 0.717) is 6.54 Å². The van der Waals surface area contributed by atoms with Gasteiger partial charge in [-0.15, -0.1) is 0 Å². The van der Waals surface area contributed by atoms with Crippen LogP contribution >= 0.6 is 0 Å². The van der Waals surface area contributed by atoms with Gasteiger partial charge in [0.05, 0.1) is 0 Å². The van der Waals surface area contributed by atoms with Crippen molar-refractivity contribution < 1.29 is 9.53 Å². The molecular weight excluding hydrogens is 290 g/mol. The van der Waals surface area contributed by atoms with E-state index in [1.807, 2.05) is 20.8 Å². The minimum absolute atomic E-state index is 0.327. The first-order valence-electron chi connectivity index (χ1n) is 9.26. The molecule has 0 aromatic carbocycles. The first kappa shape index (κ1) is 20.2. The standard InChI is InChI=1S/C18H37N3O2/c1-18(2,3)23-17(22)20-14-8-12-19-13-9-15-21(4)16-10-6-5-7-11-16/h16,19H,5-15H2,1-4H3,(H,20,22). The van der Waals surface area contributed by atoms with Gasteiger partial charge < -0.3 is 20.3 Å². The van der Waals surface area contributed by atoms with Crippen LogP contribution < -0.4 is 10.6 Å². The molecule has 1 fully saturated rings. The molecule has 0 heterocycles. The van der Waals surface area contributed by atoms with Gasteiger partial charge in [0.15, 0.2) is 0 Å². The third-order valence-corrected chi connectivity index (χ3v) is 4.26. The van der Waals surface area contributed by atoms with Gasteiger partial charge in [0.25, 0.3) is 0 Å². The number of nitrogens with one attached hydrogen (secondary N) is 2. The Morgan fingerprint density at radius 1 is 1.09 bits per heavy atom. The molecule has 5 nitrogen and oxygen atoms in total. The van der Waals surface area contributed by atoms with E-state index in [-0.39, 0.29) is 6.09 Å². The average Bonchev–Trinajstić information content (AvgIpc) is 2.48. The molecule has 5 heteroatoms. The SMILES string of the molecule is CN(CCCNCCCNC(=O)OC(C)(C)C)C1CCCCC1. The molecule has 1 saturated carbocycles. The van der Waals surface area contributed by atoms with Crippen LogP contribution in [0.15, 0.2) is 0 Å². The highest BCUT2D eigenvalue weighted by atomic mass is 16.6. The molecule has 1 aliphatic carbocycles. The molecule has 0 atom stereocenters. The number of carbonyl (C=O) groups excluding carboxylic acids is 1. The zero-order chi connectivity index (χ0) is 17.1. The number of carbonyl (C=O) groups is 1. The lowest BCUT2D eigenvalue weighted by atomic mass is 9.94. The summed E-state index contributed by atoms with van der Waals surface area (Å²) in [6.45, 7) is 9.43. The Morgan fingerprint density at radius 2 is 1.74 bits per heavy atom. The molecule has 0 saturated heterocycles. The molecule has 0 unspecified atom stereocenters. The fourth-order valence-electron chi connectivity index (χ4n) is 3.00. The highest BCUT2D eigenvalue weighted by molar-refractivity contribution is 5.67. The maximum absolute atomic E-state index is 11.5. The van der Waals surface area contributed by atoms with E-state index >= 15 is 0 Å². The molecule has 0 radical (unpaired) electrons. The van der Waals surface area contributed by atoms with Crippen LogP contribution in [-0.2, 0) is 4.74 Å². The van der Waals surface area contributed by atoms with E-state index in [9.17, 15) is 4.79 Å². The zero-order valence-corrected chi connectivity index (χ0v) is 15.6. The van der Waals surface area contributed by atoms with Crippen LogP contribution in [-0.4, -0.2) is 55.9 Å². The summed E-state index contributed by atoms with van der Waals surface area (Å²) in [6, 6.07) is 0.807. The van der Waals surface area contributed by atoms with Gasteiger partial charge in [0, 0.05) is 12.6 Å². The van der Waals surface area contributed by atoms with Crippen LogP contribution in [0, 0.1) is 0 Å². The van der Waals surface area contributed by atoms with E-state index in [2.05, 4.69) is 22.6 Å². The Labute approximate surface area is 142 Å². The molecule has 0 spiro atoms. The first-order valence-corrected chi connectivity index (χ1v) is 9.26. The predicted octanol–water partition coefficient (Wildman–Crippen LogP) is 3.15. The van der Waals surface area contributed by atoms with Crippen molar-refractivity contribution in [3.63, 3.8) is 0 Å². The molecule has 2 N–H and O–H groups in total. The van der Waals surface area contributed by atoms with Crippen molar-refractivity contribution in [2.45, 2.75) is 77.4 Å². The molecule has 136 valence electrons. The fourth-order valence-corrected chi connectivity index (χ4v) is 3.00. The minimum Gasteiger partial charge on any atom is -0.444 e. The third kappa shape index (κ3) is 10.6. The topological polar surface area (TPSA) is 53.6 Å². The molecule has 23 heavy (non-hydrogen) atoms. The summed E-state index contributed by atoms with van der Waals surface area (Å²) in [5.41, 5.74) is -0.424. The Bertz CT molecular complexity index is 323. The molecular formula is C18H37N3O2. The van der Waals surface area contributed by atoms with Crippen molar-refractivity contribution >= 4 is 6.09 Å². The number of nitrogens with zero attached hydrogens (tertiary/aromatic N) is 1. The monoisotopic (exact) mass is 327 g/mol. The molecule has 0 bridgehead atoms. The minimum atomic E-state index is -0.424. The van der Waals surface area contributed by atoms with Crippen LogP contribution in [0.1, 0.15) is 65.7 Å². The second-order valence-electron chi connectivity index (χ2n) is 7.66. The van der Waals surface area contributed by atoms with Crippen molar-refractivity contribution in [1.82, 2.24) is 15.5 Å². The van der Waals surface area contributed by atoms with E-state index in [0.717, 1.165) is 25.6 Å². The van der Waals surface area contributed by atoms with E-state index in [4.69, 9.17) is 4.74 Å². The van der Waals surface area contributed by atoms with Crippen molar-refractivity contribution in [2.75, 3.05) is 33.2 Å². The fraction of sp³-hybridized carbons (Fsp3) is 0.944. The van der Waals surface area contributed by atoms with Gasteiger partial charge in [-0.1, -0.05) is 19.3 Å².